The van der Waals surface area contributed by atoms with Gasteiger partial charge in [-0.1, -0.05) is 11.6 Å². The fourth-order valence-corrected chi connectivity index (χ4v) is 4.35. The summed E-state index contributed by atoms with van der Waals surface area (Å²) < 4.78 is 13.9. The van der Waals surface area contributed by atoms with Gasteiger partial charge >= 0.3 is 5.63 Å². The Morgan fingerprint density at radius 3 is 2.75 bits per heavy atom. The number of rotatable bonds is 0. The maximum absolute atomic E-state index is 12.7. The monoisotopic (exact) mass is 395 g/mol. The number of benzene rings is 2. The summed E-state index contributed by atoms with van der Waals surface area (Å²) in [5, 5.41) is 2.44. The second-order valence-electron chi connectivity index (χ2n) is 7.59. The fraction of sp³-hybridized carbons (Fsp3) is 0.273. The standard InChI is InChI=1S/C22H20ClN2O3/c1-24(2)13-6-7-14-17(10-13)27-21-15-9-12-5-4-8-25(3)16(12)11-18(15)28-22(26)19(21)20(14)23/h6-7,9-11H,4-5,8H2,1-3H3/q+1. The molecule has 5 rings (SSSR count). The van der Waals surface area contributed by atoms with Crippen LogP contribution in [0.2, 0.25) is 5.02 Å². The third-order valence-electron chi connectivity index (χ3n) is 5.56. The van der Waals surface area contributed by atoms with E-state index in [2.05, 4.69) is 18.0 Å². The normalized spacial score (nSPS) is 14.1. The minimum atomic E-state index is -0.478. The zero-order chi connectivity index (χ0) is 19.6. The summed E-state index contributed by atoms with van der Waals surface area (Å²) in [6.07, 6.45) is 2.08. The molecule has 0 saturated heterocycles. The molecule has 3 heterocycles. The Balaban J connectivity index is 1.96. The number of anilines is 1. The highest BCUT2D eigenvalue weighted by Crippen LogP contribution is 2.39. The summed E-state index contributed by atoms with van der Waals surface area (Å²) in [6, 6.07) is 9.78. The lowest BCUT2D eigenvalue weighted by Crippen LogP contribution is -2.24. The molecule has 0 radical (unpaired) electrons. The van der Waals surface area contributed by atoms with Crippen LogP contribution in [0.1, 0.15) is 12.0 Å². The van der Waals surface area contributed by atoms with Gasteiger partial charge in [0, 0.05) is 37.0 Å². The number of nitrogens with zero attached hydrogens (tertiary/aromatic N) is 2. The number of hydrogen-bond acceptors (Lipinski definition) is 4. The first-order chi connectivity index (χ1) is 13.4. The van der Waals surface area contributed by atoms with Gasteiger partial charge in [0.15, 0.2) is 5.58 Å². The van der Waals surface area contributed by atoms with Gasteiger partial charge in [-0.05, 0) is 30.5 Å². The van der Waals surface area contributed by atoms with Gasteiger partial charge in [0.2, 0.25) is 5.36 Å². The molecule has 1 aromatic carbocycles. The Morgan fingerprint density at radius 2 is 1.96 bits per heavy atom. The van der Waals surface area contributed by atoms with Crippen molar-refractivity contribution in [1.82, 2.24) is 4.58 Å². The van der Waals surface area contributed by atoms with E-state index < -0.39 is 5.63 Å². The van der Waals surface area contributed by atoms with E-state index in [9.17, 15) is 4.79 Å². The van der Waals surface area contributed by atoms with Crippen molar-refractivity contribution < 1.29 is 8.83 Å². The maximum Gasteiger partial charge on any atom is 0.348 e. The van der Waals surface area contributed by atoms with Crippen LogP contribution in [0.4, 0.5) is 5.69 Å². The first-order valence-corrected chi connectivity index (χ1v) is 9.69. The van der Waals surface area contributed by atoms with Crippen molar-refractivity contribution >= 4 is 39.2 Å². The molecule has 0 N–H and O–H groups in total. The Labute approximate surface area is 166 Å². The van der Waals surface area contributed by atoms with Gasteiger partial charge in [-0.15, -0.1) is 0 Å². The fourth-order valence-electron chi connectivity index (χ4n) is 4.03. The molecule has 0 amide bonds. The van der Waals surface area contributed by atoms with Crippen LogP contribution < -0.4 is 20.5 Å². The van der Waals surface area contributed by atoms with Crippen molar-refractivity contribution in [2.45, 2.75) is 12.8 Å². The highest BCUT2D eigenvalue weighted by Gasteiger charge is 2.23. The van der Waals surface area contributed by atoms with Crippen LogP contribution in [0.25, 0.3) is 33.3 Å². The lowest BCUT2D eigenvalue weighted by atomic mass is 9.99. The largest absolute Gasteiger partial charge is 0.455 e. The highest BCUT2D eigenvalue weighted by atomic mass is 35.5. The van der Waals surface area contributed by atoms with E-state index in [4.69, 9.17) is 20.4 Å². The Hall–Kier alpha value is -2.79. The Morgan fingerprint density at radius 1 is 1.14 bits per heavy atom. The molecule has 6 heteroatoms. The van der Waals surface area contributed by atoms with E-state index >= 15 is 0 Å². The van der Waals surface area contributed by atoms with Gasteiger partial charge in [0.05, 0.1) is 16.5 Å². The minimum Gasteiger partial charge on any atom is -0.455 e. The molecule has 2 aliphatic heterocycles. The molecule has 142 valence electrons. The summed E-state index contributed by atoms with van der Waals surface area (Å²) >= 11 is 6.64. The maximum atomic E-state index is 12.7. The lowest BCUT2D eigenvalue weighted by Gasteiger charge is -2.27. The first kappa shape index (κ1) is 17.3. The minimum absolute atomic E-state index is 0.295. The molecule has 0 saturated carbocycles. The SMILES string of the molecule is CN1CCCc2cc3c(cc21)oc(=O)c1c(Cl)c2ccc(=[N+](C)C)cc-2oc13. The zero-order valence-electron chi connectivity index (χ0n) is 16.0. The molecule has 0 unspecified atom stereocenters. The number of aryl methyl sites for hydroxylation is 1. The molecule has 0 bridgehead atoms. The predicted molar refractivity (Wildman–Crippen MR) is 113 cm³/mol. The third kappa shape index (κ3) is 2.46. The predicted octanol–water partition coefficient (Wildman–Crippen LogP) is 3.71. The van der Waals surface area contributed by atoms with Crippen molar-refractivity contribution in [3.63, 3.8) is 0 Å². The van der Waals surface area contributed by atoms with Crippen LogP contribution in [0.3, 0.4) is 0 Å². The number of halogens is 1. The third-order valence-corrected chi connectivity index (χ3v) is 5.95. The molecule has 5 nitrogen and oxygen atoms in total. The lowest BCUT2D eigenvalue weighted by molar-refractivity contribution is 0.559. The average molecular weight is 396 g/mol. The first-order valence-electron chi connectivity index (χ1n) is 9.31. The van der Waals surface area contributed by atoms with Gasteiger partial charge in [-0.2, -0.15) is 0 Å². The van der Waals surface area contributed by atoms with Gasteiger partial charge in [-0.25, -0.2) is 9.37 Å². The van der Waals surface area contributed by atoms with Crippen molar-refractivity contribution in [2.75, 3.05) is 32.6 Å². The van der Waals surface area contributed by atoms with Gasteiger partial charge in [0.1, 0.15) is 30.8 Å². The van der Waals surface area contributed by atoms with Crippen LogP contribution in [0, 0.1) is 0 Å². The highest BCUT2D eigenvalue weighted by molar-refractivity contribution is 6.38. The summed E-state index contributed by atoms with van der Waals surface area (Å²) in [7, 11) is 5.99. The van der Waals surface area contributed by atoms with E-state index in [-0.39, 0.29) is 0 Å². The van der Waals surface area contributed by atoms with Crippen molar-refractivity contribution in [3.8, 4) is 11.3 Å². The molecule has 3 aliphatic rings. The smallest absolute Gasteiger partial charge is 0.348 e. The van der Waals surface area contributed by atoms with Crippen molar-refractivity contribution in [2.24, 2.45) is 0 Å². The molecule has 1 aliphatic carbocycles. The summed E-state index contributed by atoms with van der Waals surface area (Å²) in [5.74, 6) is 0.644. The molecule has 0 spiro atoms. The van der Waals surface area contributed by atoms with Crippen molar-refractivity contribution in [1.29, 1.82) is 0 Å². The van der Waals surface area contributed by atoms with Crippen LogP contribution in [-0.4, -0.2) is 27.7 Å². The van der Waals surface area contributed by atoms with E-state index in [1.54, 1.807) is 0 Å². The summed E-state index contributed by atoms with van der Waals surface area (Å²) in [4.78, 5) is 14.9. The van der Waals surface area contributed by atoms with Gasteiger partial charge in [0.25, 0.3) is 0 Å². The van der Waals surface area contributed by atoms with Crippen LogP contribution >= 0.6 is 11.6 Å². The van der Waals surface area contributed by atoms with Gasteiger partial charge in [-0.3, -0.25) is 0 Å². The molecular weight excluding hydrogens is 376 g/mol. The Bertz CT molecular complexity index is 1360. The second kappa shape index (κ2) is 6.11. The summed E-state index contributed by atoms with van der Waals surface area (Å²) in [6.45, 7) is 0.991. The molecule has 0 atom stereocenters. The van der Waals surface area contributed by atoms with E-state index in [1.807, 2.05) is 42.9 Å². The Kier molecular flexibility index (Phi) is 3.78. The number of hydrogen-bond donors (Lipinski definition) is 0. The molecule has 1 aromatic heterocycles. The average Bonchev–Trinajstić information content (AvgIpc) is 2.67. The zero-order valence-corrected chi connectivity index (χ0v) is 16.8. The summed E-state index contributed by atoms with van der Waals surface area (Å²) in [5.41, 5.74) is 3.55. The van der Waals surface area contributed by atoms with Crippen LogP contribution in [-0.2, 0) is 6.42 Å². The van der Waals surface area contributed by atoms with Crippen molar-refractivity contribution in [3.05, 3.63) is 56.7 Å². The molecule has 28 heavy (non-hydrogen) atoms. The van der Waals surface area contributed by atoms with Gasteiger partial charge < -0.3 is 13.7 Å². The molecular formula is C22H20ClN2O3+. The number of fused-ring (bicyclic) bond motifs is 5. The van der Waals surface area contributed by atoms with Crippen LogP contribution in [0.5, 0.6) is 0 Å². The molecule has 2 aromatic rings. The van der Waals surface area contributed by atoms with E-state index in [0.717, 1.165) is 35.8 Å². The van der Waals surface area contributed by atoms with Crippen LogP contribution in [0.15, 0.2) is 44.0 Å². The second-order valence-corrected chi connectivity index (χ2v) is 7.96. The van der Waals surface area contributed by atoms with E-state index in [1.165, 1.54) is 5.56 Å². The molecule has 0 fully saturated rings. The quantitative estimate of drug-likeness (QED) is 0.197. The van der Waals surface area contributed by atoms with E-state index in [0.29, 0.717) is 32.9 Å². The topological polar surface area (TPSA) is 49.6 Å².